The van der Waals surface area contributed by atoms with Gasteiger partial charge in [-0.3, -0.25) is 5.87 Å². The van der Waals surface area contributed by atoms with Gasteiger partial charge in [-0.25, -0.2) is 0 Å². The summed E-state index contributed by atoms with van der Waals surface area (Å²) >= 11 is 5.07. The summed E-state index contributed by atoms with van der Waals surface area (Å²) in [6, 6.07) is 0. The van der Waals surface area contributed by atoms with E-state index in [1.807, 2.05) is 25.2 Å². The summed E-state index contributed by atoms with van der Waals surface area (Å²) in [6.45, 7) is 1.88. The number of rotatable bonds is 0. The first-order valence-electron chi connectivity index (χ1n) is 5.32. The predicted octanol–water partition coefficient (Wildman–Crippen LogP) is 3.97. The van der Waals surface area contributed by atoms with Gasteiger partial charge in [-0.15, -0.1) is 0 Å². The summed E-state index contributed by atoms with van der Waals surface area (Å²) in [5.74, 6) is 2.25. The molecular formula is C12H14I2NOSm-. The third kappa shape index (κ3) is 4.94. The van der Waals surface area contributed by atoms with E-state index in [1.54, 1.807) is 0 Å². The van der Waals surface area contributed by atoms with Crippen molar-refractivity contribution in [1.29, 1.82) is 0 Å². The third-order valence-corrected chi connectivity index (χ3v) is 3.16. The van der Waals surface area contributed by atoms with Gasteiger partial charge in [0.2, 0.25) is 0 Å². The van der Waals surface area contributed by atoms with Crippen LogP contribution in [0.25, 0.3) is 5.41 Å². The zero-order valence-corrected chi connectivity index (χ0v) is 16.4. The molecule has 2 atom stereocenters. The number of nitrogens with zero attached hydrogens (tertiary/aromatic N) is 1. The van der Waals surface area contributed by atoms with E-state index in [1.165, 1.54) is 5.57 Å². The Kier molecular flexibility index (Phi) is 7.96. The van der Waals surface area contributed by atoms with Crippen molar-refractivity contribution >= 4 is 34.4 Å². The Hall–Kier alpha value is 1.69. The summed E-state index contributed by atoms with van der Waals surface area (Å²) in [4.78, 5) is 0. The van der Waals surface area contributed by atoms with Crippen LogP contribution in [0.5, 0.6) is 0 Å². The molecule has 1 unspecified atom stereocenters. The summed E-state index contributed by atoms with van der Waals surface area (Å²) in [5, 5.41) is 18.9. The Balaban J connectivity index is 0.000000437. The fraction of sp³-hybridized carbons (Fsp3) is 0.500. The molecule has 5 heteroatoms. The van der Waals surface area contributed by atoms with Gasteiger partial charge in [0, 0.05) is 5.92 Å². The van der Waals surface area contributed by atoms with Gasteiger partial charge in [0.1, 0.15) is 0 Å². The minimum absolute atomic E-state index is 0.119. The molecule has 1 N–H and O–H groups in total. The van der Waals surface area contributed by atoms with Crippen molar-refractivity contribution in [2.24, 2.45) is 5.92 Å². The third-order valence-electron chi connectivity index (χ3n) is 3.16. The molecule has 1 fully saturated rings. The van der Waals surface area contributed by atoms with E-state index < -0.39 is 5.60 Å². The maximum absolute atomic E-state index is 10.1. The molecule has 0 aromatic carbocycles. The van der Waals surface area contributed by atoms with Gasteiger partial charge in [-0.05, 0) is 37.8 Å². The van der Waals surface area contributed by atoms with Crippen molar-refractivity contribution in [3.63, 3.8) is 0 Å². The number of hydrogen-bond donors (Lipinski definition) is 1. The summed E-state index contributed by atoms with van der Waals surface area (Å²) < 4.78 is 0. The first kappa shape index (κ1) is 16.7. The van der Waals surface area contributed by atoms with Crippen molar-refractivity contribution in [1.82, 2.24) is 0 Å². The Morgan fingerprint density at radius 3 is 2.82 bits per heavy atom. The molecule has 2 aliphatic carbocycles. The molecule has 0 heterocycles. The van der Waals surface area contributed by atoms with Gasteiger partial charge in [-0.1, -0.05) is 17.7 Å². The van der Waals surface area contributed by atoms with Gasteiger partial charge < -0.3 is 10.5 Å². The van der Waals surface area contributed by atoms with Gasteiger partial charge in [0.15, 0.2) is 0 Å². The summed E-state index contributed by atoms with van der Waals surface area (Å²) in [6.07, 6.45) is 8.58. The van der Waals surface area contributed by atoms with E-state index in [2.05, 4.69) is 34.4 Å². The van der Waals surface area contributed by atoms with E-state index in [-0.39, 0.29) is 31.4 Å². The molecule has 0 amide bonds. The first-order chi connectivity index (χ1) is 8.05. The number of hydrogen-bond acceptors (Lipinski definition) is 1. The van der Waals surface area contributed by atoms with Crippen LogP contribution in [-0.2, 0) is 0 Å². The Morgan fingerprint density at radius 2 is 2.24 bits per heavy atom. The van der Waals surface area contributed by atoms with Crippen LogP contribution < -0.4 is 0 Å². The van der Waals surface area contributed by atoms with Gasteiger partial charge in [-0.2, -0.15) is 0 Å². The Labute approximate surface area is 135 Å². The molecule has 1 saturated carbocycles. The molecule has 0 radical (unpaired) electrons. The van der Waals surface area contributed by atoms with Crippen LogP contribution in [0.15, 0.2) is 29.4 Å². The van der Waals surface area contributed by atoms with Crippen molar-refractivity contribution < 1.29 is 30.6 Å². The molecule has 2 nitrogen and oxygen atoms in total. The standard InChI is InChI=1S/C12H14NO.2HI.Sm/c1-12(14)6-2-3-10-7-9(8-13)4-5-11(10)12;;;/h4-5,7,11,14H,2-3,6H2,1H3;2*1H;/q-1;;;+2/p-2/t11?,12-;;;/m1.../s1. The Morgan fingerprint density at radius 1 is 1.59 bits per heavy atom. The van der Waals surface area contributed by atoms with Crippen molar-refractivity contribution in [2.45, 2.75) is 31.8 Å². The number of halogens is 2. The maximum atomic E-state index is 10.1. The van der Waals surface area contributed by atoms with E-state index >= 15 is 0 Å². The van der Waals surface area contributed by atoms with Crippen LogP contribution >= 0.6 is 28.6 Å². The first-order valence-corrected chi connectivity index (χ1v) is 20.4. The zero-order valence-electron chi connectivity index (χ0n) is 9.49. The molecule has 2 aliphatic rings. The molecule has 0 spiro atoms. The number of fused-ring (bicyclic) bond motifs is 1. The van der Waals surface area contributed by atoms with Crippen molar-refractivity contribution in [3.8, 4) is 0 Å². The fourth-order valence-electron chi connectivity index (χ4n) is 2.37. The molecular weight excluding hydrogens is 578 g/mol. The topological polar surface area (TPSA) is 42.5 Å². The second-order valence-corrected chi connectivity index (χ2v) is 23.8. The molecule has 0 bridgehead atoms. The quantitative estimate of drug-likeness (QED) is 0.336. The minimum atomic E-state index is -0.623. The average molecular weight is 592 g/mol. The van der Waals surface area contributed by atoms with E-state index in [9.17, 15) is 5.11 Å². The number of aliphatic hydroxyl groups is 1. The average Bonchev–Trinajstić information content (AvgIpc) is 2.29. The monoisotopic (exact) mass is 594 g/mol. The number of allylic oxidation sites excluding steroid dienone is 3. The van der Waals surface area contributed by atoms with E-state index in [0.29, 0.717) is 5.57 Å². The molecule has 0 aromatic rings. The molecule has 17 heavy (non-hydrogen) atoms. The molecule has 94 valence electrons. The SMILES string of the molecule is C[C@@]1(O)CCCC2=CC(=C=[N-])C=CC21.[I][Sm][I]. The Bertz CT molecular complexity index is 384. The van der Waals surface area contributed by atoms with Crippen molar-refractivity contribution in [2.75, 3.05) is 0 Å². The summed E-state index contributed by atoms with van der Waals surface area (Å²) in [7, 11) is 0. The van der Waals surface area contributed by atoms with Crippen LogP contribution in [0.3, 0.4) is 0 Å². The molecule has 2 rings (SSSR count). The normalized spacial score (nSPS) is 30.7. The van der Waals surface area contributed by atoms with E-state index in [4.69, 9.17) is 5.41 Å². The second kappa shape index (κ2) is 8.08. The van der Waals surface area contributed by atoms with Crippen LogP contribution in [0.2, 0.25) is 0 Å². The van der Waals surface area contributed by atoms with Crippen LogP contribution in [0.1, 0.15) is 26.2 Å². The predicted molar refractivity (Wildman–Crippen MR) is 85.1 cm³/mol. The van der Waals surface area contributed by atoms with Crippen molar-refractivity contribution in [3.05, 3.63) is 34.8 Å². The van der Waals surface area contributed by atoms with Crippen LogP contribution in [-0.4, -0.2) is 16.6 Å². The molecule has 0 aromatic heterocycles. The van der Waals surface area contributed by atoms with Gasteiger partial charge >= 0.3 is 54.0 Å². The molecule has 0 aliphatic heterocycles. The summed E-state index contributed by atoms with van der Waals surface area (Å²) in [5.41, 5.74) is 1.29. The second-order valence-electron chi connectivity index (χ2n) is 4.39. The molecule has 0 saturated heterocycles. The van der Waals surface area contributed by atoms with Gasteiger partial charge in [0.05, 0.1) is 5.60 Å². The fourth-order valence-corrected chi connectivity index (χ4v) is 2.37. The van der Waals surface area contributed by atoms with E-state index in [0.717, 1.165) is 19.3 Å². The van der Waals surface area contributed by atoms with Gasteiger partial charge in [0.25, 0.3) is 0 Å². The van der Waals surface area contributed by atoms with Crippen LogP contribution in [0, 0.1) is 31.4 Å². The zero-order chi connectivity index (χ0) is 12.9. The van der Waals surface area contributed by atoms with Crippen LogP contribution in [0.4, 0.5) is 0 Å².